The van der Waals surface area contributed by atoms with Gasteiger partial charge in [-0.1, -0.05) is 59.8 Å². The summed E-state index contributed by atoms with van der Waals surface area (Å²) in [4.78, 5) is 14.4. The maximum absolute atomic E-state index is 12.3. The summed E-state index contributed by atoms with van der Waals surface area (Å²) in [5.41, 5.74) is 0. The van der Waals surface area contributed by atoms with E-state index < -0.39 is 0 Å². The first-order valence-corrected chi connectivity index (χ1v) is 8.18. The minimum atomic E-state index is 0.0324. The molecule has 1 aliphatic heterocycles. The lowest BCUT2D eigenvalue weighted by Gasteiger charge is -2.23. The standard InChI is InChI=1S/C16H32N2O/c1-5-7-8-9-10-11-12-18-14(6-2)17-15(13(3)4)16(18)19/h13-15,17H,5-12H2,1-4H3. The maximum Gasteiger partial charge on any atom is 0.241 e. The molecule has 0 saturated carbocycles. The van der Waals surface area contributed by atoms with Gasteiger partial charge in [0.05, 0.1) is 12.2 Å². The molecular formula is C16H32N2O. The van der Waals surface area contributed by atoms with Gasteiger partial charge in [-0.15, -0.1) is 0 Å². The highest BCUT2D eigenvalue weighted by Gasteiger charge is 2.38. The fourth-order valence-electron chi connectivity index (χ4n) is 2.85. The third-order valence-electron chi connectivity index (χ3n) is 4.10. The molecule has 1 amide bonds. The first-order chi connectivity index (χ1) is 9.11. The quantitative estimate of drug-likeness (QED) is 0.649. The Hall–Kier alpha value is -0.570. The van der Waals surface area contributed by atoms with Crippen molar-refractivity contribution in [2.24, 2.45) is 5.92 Å². The molecular weight excluding hydrogens is 236 g/mol. The molecule has 3 nitrogen and oxygen atoms in total. The van der Waals surface area contributed by atoms with Crippen LogP contribution < -0.4 is 5.32 Å². The van der Waals surface area contributed by atoms with Crippen molar-refractivity contribution in [2.45, 2.75) is 84.8 Å². The van der Waals surface area contributed by atoms with Crippen LogP contribution in [0.5, 0.6) is 0 Å². The van der Waals surface area contributed by atoms with Crippen molar-refractivity contribution in [1.29, 1.82) is 0 Å². The van der Waals surface area contributed by atoms with E-state index in [0.29, 0.717) is 11.8 Å². The molecule has 112 valence electrons. The number of hydrogen-bond donors (Lipinski definition) is 1. The number of carbonyl (C=O) groups is 1. The van der Waals surface area contributed by atoms with Crippen molar-refractivity contribution in [2.75, 3.05) is 6.54 Å². The third kappa shape index (κ3) is 4.79. The highest BCUT2D eigenvalue weighted by Crippen LogP contribution is 2.19. The average molecular weight is 268 g/mol. The molecule has 1 aliphatic rings. The second-order valence-electron chi connectivity index (χ2n) is 6.11. The van der Waals surface area contributed by atoms with E-state index in [4.69, 9.17) is 0 Å². The SMILES string of the molecule is CCCCCCCCN1C(=O)C(C(C)C)NC1CC. The number of nitrogens with zero attached hydrogens (tertiary/aromatic N) is 1. The Morgan fingerprint density at radius 2 is 1.74 bits per heavy atom. The van der Waals surface area contributed by atoms with Gasteiger partial charge in [-0.25, -0.2) is 0 Å². The molecule has 0 aromatic heterocycles. The molecule has 0 aliphatic carbocycles. The van der Waals surface area contributed by atoms with E-state index in [1.54, 1.807) is 0 Å². The number of rotatable bonds is 9. The van der Waals surface area contributed by atoms with Crippen molar-refractivity contribution in [3.8, 4) is 0 Å². The van der Waals surface area contributed by atoms with Gasteiger partial charge < -0.3 is 4.90 Å². The molecule has 2 unspecified atom stereocenters. The van der Waals surface area contributed by atoms with Crippen LogP contribution in [-0.4, -0.2) is 29.6 Å². The molecule has 1 fully saturated rings. The number of hydrogen-bond acceptors (Lipinski definition) is 2. The second-order valence-corrected chi connectivity index (χ2v) is 6.11. The van der Waals surface area contributed by atoms with E-state index >= 15 is 0 Å². The minimum absolute atomic E-state index is 0.0324. The highest BCUT2D eigenvalue weighted by molar-refractivity contribution is 5.84. The number of amides is 1. The number of unbranched alkanes of at least 4 members (excludes halogenated alkanes) is 5. The summed E-state index contributed by atoms with van der Waals surface area (Å²) >= 11 is 0. The Morgan fingerprint density at radius 3 is 2.32 bits per heavy atom. The third-order valence-corrected chi connectivity index (χ3v) is 4.10. The zero-order valence-corrected chi connectivity index (χ0v) is 13.2. The zero-order valence-electron chi connectivity index (χ0n) is 13.2. The van der Waals surface area contributed by atoms with Crippen LogP contribution in [0.15, 0.2) is 0 Å². The summed E-state index contributed by atoms with van der Waals surface area (Å²) in [6.45, 7) is 9.57. The van der Waals surface area contributed by atoms with E-state index in [-0.39, 0.29) is 12.2 Å². The van der Waals surface area contributed by atoms with Crippen LogP contribution in [0.1, 0.15) is 72.6 Å². The molecule has 0 radical (unpaired) electrons. The van der Waals surface area contributed by atoms with E-state index in [1.807, 2.05) is 0 Å². The lowest BCUT2D eigenvalue weighted by atomic mass is 10.0. The number of nitrogens with one attached hydrogen (secondary N) is 1. The lowest BCUT2D eigenvalue weighted by Crippen LogP contribution is -2.37. The van der Waals surface area contributed by atoms with Crippen LogP contribution in [0.3, 0.4) is 0 Å². The van der Waals surface area contributed by atoms with E-state index in [0.717, 1.165) is 19.4 Å². The van der Waals surface area contributed by atoms with Crippen molar-refractivity contribution in [3.63, 3.8) is 0 Å². The first-order valence-electron chi connectivity index (χ1n) is 8.18. The molecule has 0 aromatic rings. The normalized spacial score (nSPS) is 23.6. The molecule has 1 heterocycles. The predicted octanol–water partition coefficient (Wildman–Crippen LogP) is 3.54. The molecule has 0 bridgehead atoms. The summed E-state index contributed by atoms with van der Waals surface area (Å²) in [5, 5.41) is 3.48. The molecule has 3 heteroatoms. The van der Waals surface area contributed by atoms with Gasteiger partial charge in [0, 0.05) is 6.54 Å². The molecule has 19 heavy (non-hydrogen) atoms. The topological polar surface area (TPSA) is 32.3 Å². The first kappa shape index (κ1) is 16.5. The Labute approximate surface area is 119 Å². The molecule has 1 N–H and O–H groups in total. The largest absolute Gasteiger partial charge is 0.326 e. The van der Waals surface area contributed by atoms with Gasteiger partial charge in [-0.2, -0.15) is 0 Å². The Morgan fingerprint density at radius 1 is 1.11 bits per heavy atom. The van der Waals surface area contributed by atoms with E-state index in [9.17, 15) is 4.79 Å². The van der Waals surface area contributed by atoms with Crippen LogP contribution in [0.25, 0.3) is 0 Å². The average Bonchev–Trinajstić information content (AvgIpc) is 2.71. The number of carbonyl (C=O) groups excluding carboxylic acids is 1. The van der Waals surface area contributed by atoms with Gasteiger partial charge in [0.15, 0.2) is 0 Å². The molecule has 0 spiro atoms. The fourth-order valence-corrected chi connectivity index (χ4v) is 2.85. The molecule has 0 aromatic carbocycles. The van der Waals surface area contributed by atoms with Gasteiger partial charge in [0.2, 0.25) is 5.91 Å². The Bertz CT molecular complexity index is 265. The molecule has 2 atom stereocenters. The van der Waals surface area contributed by atoms with E-state index in [2.05, 4.69) is 37.9 Å². The van der Waals surface area contributed by atoms with Gasteiger partial charge >= 0.3 is 0 Å². The van der Waals surface area contributed by atoms with Crippen LogP contribution in [0.4, 0.5) is 0 Å². The van der Waals surface area contributed by atoms with Crippen molar-refractivity contribution >= 4 is 5.91 Å². The minimum Gasteiger partial charge on any atom is -0.326 e. The zero-order chi connectivity index (χ0) is 14.3. The van der Waals surface area contributed by atoms with E-state index in [1.165, 1.54) is 32.1 Å². The highest BCUT2D eigenvalue weighted by atomic mass is 16.2. The molecule has 1 saturated heterocycles. The van der Waals surface area contributed by atoms with Crippen molar-refractivity contribution < 1.29 is 4.79 Å². The van der Waals surface area contributed by atoms with Crippen LogP contribution >= 0.6 is 0 Å². The van der Waals surface area contributed by atoms with Gasteiger partial charge in [-0.05, 0) is 18.8 Å². The van der Waals surface area contributed by atoms with Crippen LogP contribution in [0, 0.1) is 5.92 Å². The Balaban J connectivity index is 2.32. The monoisotopic (exact) mass is 268 g/mol. The molecule has 1 rings (SSSR count). The van der Waals surface area contributed by atoms with Crippen molar-refractivity contribution in [1.82, 2.24) is 10.2 Å². The summed E-state index contributed by atoms with van der Waals surface area (Å²) in [6.07, 6.45) is 8.97. The van der Waals surface area contributed by atoms with Crippen molar-refractivity contribution in [3.05, 3.63) is 0 Å². The summed E-state index contributed by atoms with van der Waals surface area (Å²) in [5.74, 6) is 0.700. The summed E-state index contributed by atoms with van der Waals surface area (Å²) in [7, 11) is 0. The van der Waals surface area contributed by atoms with Crippen LogP contribution in [0.2, 0.25) is 0 Å². The summed E-state index contributed by atoms with van der Waals surface area (Å²) < 4.78 is 0. The van der Waals surface area contributed by atoms with Gasteiger partial charge in [0.1, 0.15) is 0 Å². The van der Waals surface area contributed by atoms with Crippen LogP contribution in [-0.2, 0) is 4.79 Å². The lowest BCUT2D eigenvalue weighted by molar-refractivity contribution is -0.130. The summed E-state index contributed by atoms with van der Waals surface area (Å²) in [6, 6.07) is 0.0324. The predicted molar refractivity (Wildman–Crippen MR) is 80.9 cm³/mol. The smallest absolute Gasteiger partial charge is 0.241 e. The van der Waals surface area contributed by atoms with Gasteiger partial charge in [-0.3, -0.25) is 10.1 Å². The maximum atomic E-state index is 12.3. The van der Waals surface area contributed by atoms with Gasteiger partial charge in [0.25, 0.3) is 0 Å². The Kier molecular flexibility index (Phi) is 7.44. The second kappa shape index (κ2) is 8.57. The fraction of sp³-hybridized carbons (Fsp3) is 0.938.